The largest absolute Gasteiger partial charge is 0.494 e. The van der Waals surface area contributed by atoms with E-state index >= 15 is 0 Å². The molecule has 0 aliphatic rings. The maximum atomic E-state index is 11.1. The number of Topliss-reactive ketones (excluding diaryl/α,β-unsaturated/α-hetero) is 1. The molecule has 0 aliphatic carbocycles. The third-order valence-electron chi connectivity index (χ3n) is 4.20. The number of carbonyl (C=O) groups is 1. The number of ketones is 1. The summed E-state index contributed by atoms with van der Waals surface area (Å²) in [5.74, 6) is 1.58. The molecule has 1 aromatic heterocycles. The van der Waals surface area contributed by atoms with Crippen molar-refractivity contribution in [3.8, 4) is 11.7 Å². The number of benzene rings is 2. The van der Waals surface area contributed by atoms with Crippen LogP contribution in [0.1, 0.15) is 43.2 Å². The SMILES string of the molecule is CC(=O)c1ccc(OCCCCCCOc2ccc3ccccc3c2)o1. The number of rotatable bonds is 10. The second-order valence-electron chi connectivity index (χ2n) is 6.29. The molecular formula is C22H24O4. The Hall–Kier alpha value is -2.75. The van der Waals surface area contributed by atoms with Crippen molar-refractivity contribution in [3.05, 3.63) is 60.4 Å². The lowest BCUT2D eigenvalue weighted by molar-refractivity contribution is 0.0978. The van der Waals surface area contributed by atoms with Crippen molar-refractivity contribution in [1.82, 2.24) is 0 Å². The molecule has 0 aliphatic heterocycles. The Morgan fingerprint density at radius 1 is 0.846 bits per heavy atom. The van der Waals surface area contributed by atoms with Crippen LogP contribution < -0.4 is 9.47 Å². The highest BCUT2D eigenvalue weighted by Crippen LogP contribution is 2.21. The molecule has 0 atom stereocenters. The van der Waals surface area contributed by atoms with Crippen molar-refractivity contribution < 1.29 is 18.7 Å². The molecule has 26 heavy (non-hydrogen) atoms. The zero-order chi connectivity index (χ0) is 18.2. The van der Waals surface area contributed by atoms with Gasteiger partial charge in [-0.3, -0.25) is 4.79 Å². The first-order valence-corrected chi connectivity index (χ1v) is 9.07. The van der Waals surface area contributed by atoms with Gasteiger partial charge in [0.2, 0.25) is 0 Å². The van der Waals surface area contributed by atoms with Gasteiger partial charge in [0.05, 0.1) is 13.2 Å². The molecule has 0 N–H and O–H groups in total. The van der Waals surface area contributed by atoms with Gasteiger partial charge in [-0.15, -0.1) is 0 Å². The Balaban J connectivity index is 1.27. The Morgan fingerprint density at radius 3 is 2.31 bits per heavy atom. The first kappa shape index (κ1) is 18.1. The number of carbonyl (C=O) groups excluding carboxylic acids is 1. The topological polar surface area (TPSA) is 48.7 Å². The summed E-state index contributed by atoms with van der Waals surface area (Å²) < 4.78 is 16.6. The predicted molar refractivity (Wildman–Crippen MR) is 102 cm³/mol. The van der Waals surface area contributed by atoms with E-state index in [2.05, 4.69) is 24.3 Å². The van der Waals surface area contributed by atoms with Crippen molar-refractivity contribution >= 4 is 16.6 Å². The minimum atomic E-state index is -0.0914. The van der Waals surface area contributed by atoms with Gasteiger partial charge in [0.1, 0.15) is 5.75 Å². The summed E-state index contributed by atoms with van der Waals surface area (Å²) >= 11 is 0. The van der Waals surface area contributed by atoms with Crippen LogP contribution in [0.5, 0.6) is 11.7 Å². The fraction of sp³-hybridized carbons (Fsp3) is 0.318. The van der Waals surface area contributed by atoms with Gasteiger partial charge in [0, 0.05) is 13.0 Å². The molecule has 4 nitrogen and oxygen atoms in total. The molecule has 0 bridgehead atoms. The van der Waals surface area contributed by atoms with E-state index in [9.17, 15) is 4.79 Å². The molecule has 2 aromatic carbocycles. The van der Waals surface area contributed by atoms with Gasteiger partial charge in [0.25, 0.3) is 5.95 Å². The van der Waals surface area contributed by atoms with Crippen LogP contribution in [-0.2, 0) is 0 Å². The molecule has 0 spiro atoms. The van der Waals surface area contributed by atoms with Crippen molar-refractivity contribution in [2.24, 2.45) is 0 Å². The summed E-state index contributed by atoms with van der Waals surface area (Å²) in [6, 6.07) is 17.8. The van der Waals surface area contributed by atoms with Crippen LogP contribution in [0, 0.1) is 0 Å². The molecule has 4 heteroatoms. The number of hydrogen-bond donors (Lipinski definition) is 0. The lowest BCUT2D eigenvalue weighted by Crippen LogP contribution is -1.99. The summed E-state index contributed by atoms with van der Waals surface area (Å²) in [7, 11) is 0. The van der Waals surface area contributed by atoms with Gasteiger partial charge < -0.3 is 13.9 Å². The monoisotopic (exact) mass is 352 g/mol. The molecule has 136 valence electrons. The van der Waals surface area contributed by atoms with E-state index in [4.69, 9.17) is 13.9 Å². The normalized spacial score (nSPS) is 10.8. The zero-order valence-corrected chi connectivity index (χ0v) is 15.1. The fourth-order valence-electron chi connectivity index (χ4n) is 2.76. The summed E-state index contributed by atoms with van der Waals surface area (Å²) in [5.41, 5.74) is 0. The summed E-state index contributed by atoms with van der Waals surface area (Å²) in [5, 5.41) is 2.43. The highest BCUT2D eigenvalue weighted by Gasteiger charge is 2.06. The summed E-state index contributed by atoms with van der Waals surface area (Å²) in [6.45, 7) is 2.79. The van der Waals surface area contributed by atoms with Gasteiger partial charge in [-0.25, -0.2) is 0 Å². The quantitative estimate of drug-likeness (QED) is 0.349. The van der Waals surface area contributed by atoms with Crippen LogP contribution in [-0.4, -0.2) is 19.0 Å². The predicted octanol–water partition coefficient (Wildman–Crippen LogP) is 5.65. The Kier molecular flexibility index (Phi) is 6.31. The third-order valence-corrected chi connectivity index (χ3v) is 4.20. The van der Waals surface area contributed by atoms with E-state index in [1.807, 2.05) is 18.2 Å². The Morgan fingerprint density at radius 2 is 1.58 bits per heavy atom. The molecule has 0 unspecified atom stereocenters. The van der Waals surface area contributed by atoms with Crippen LogP contribution in [0.15, 0.2) is 59.0 Å². The minimum absolute atomic E-state index is 0.0914. The zero-order valence-electron chi connectivity index (χ0n) is 15.1. The van der Waals surface area contributed by atoms with Crippen LogP contribution in [0.4, 0.5) is 0 Å². The van der Waals surface area contributed by atoms with Gasteiger partial charge >= 0.3 is 0 Å². The molecule has 0 amide bonds. The standard InChI is InChI=1S/C22H24O4/c1-17(23)21-12-13-22(26-21)25-15-7-3-2-6-14-24-20-11-10-18-8-4-5-9-19(18)16-20/h4-5,8-13,16H,2-3,6-7,14-15H2,1H3. The number of furan rings is 1. The molecule has 0 saturated carbocycles. The average molecular weight is 352 g/mol. The van der Waals surface area contributed by atoms with Crippen molar-refractivity contribution in [2.75, 3.05) is 13.2 Å². The third kappa shape index (κ3) is 5.12. The summed E-state index contributed by atoms with van der Waals surface area (Å²) in [6.07, 6.45) is 4.13. The Labute approximate surface area is 153 Å². The van der Waals surface area contributed by atoms with E-state index < -0.39 is 0 Å². The van der Waals surface area contributed by atoms with Crippen LogP contribution >= 0.6 is 0 Å². The molecule has 0 saturated heterocycles. The van der Waals surface area contributed by atoms with Crippen molar-refractivity contribution in [2.45, 2.75) is 32.6 Å². The fourth-order valence-corrected chi connectivity index (χ4v) is 2.76. The number of unbranched alkanes of at least 4 members (excludes halogenated alkanes) is 3. The lowest BCUT2D eigenvalue weighted by atomic mass is 10.1. The molecule has 1 heterocycles. The highest BCUT2D eigenvalue weighted by molar-refractivity contribution is 5.91. The maximum Gasteiger partial charge on any atom is 0.284 e. The van der Waals surface area contributed by atoms with E-state index in [1.54, 1.807) is 12.1 Å². The van der Waals surface area contributed by atoms with E-state index in [-0.39, 0.29) is 5.78 Å². The van der Waals surface area contributed by atoms with Crippen LogP contribution in [0.2, 0.25) is 0 Å². The second kappa shape index (κ2) is 9.09. The smallest absolute Gasteiger partial charge is 0.284 e. The van der Waals surface area contributed by atoms with E-state index in [0.717, 1.165) is 38.0 Å². The minimum Gasteiger partial charge on any atom is -0.494 e. The molecular weight excluding hydrogens is 328 g/mol. The van der Waals surface area contributed by atoms with Gasteiger partial charge in [0.15, 0.2) is 11.5 Å². The maximum absolute atomic E-state index is 11.1. The second-order valence-corrected chi connectivity index (χ2v) is 6.29. The molecule has 0 radical (unpaired) electrons. The van der Waals surface area contributed by atoms with E-state index in [1.165, 1.54) is 17.7 Å². The molecule has 0 fully saturated rings. The lowest BCUT2D eigenvalue weighted by Gasteiger charge is -2.07. The van der Waals surface area contributed by atoms with E-state index in [0.29, 0.717) is 18.3 Å². The van der Waals surface area contributed by atoms with Crippen LogP contribution in [0.3, 0.4) is 0 Å². The first-order valence-electron chi connectivity index (χ1n) is 9.07. The van der Waals surface area contributed by atoms with Crippen molar-refractivity contribution in [1.29, 1.82) is 0 Å². The van der Waals surface area contributed by atoms with Crippen LogP contribution in [0.25, 0.3) is 10.8 Å². The molecule has 3 aromatic rings. The van der Waals surface area contributed by atoms with Gasteiger partial charge in [-0.1, -0.05) is 30.3 Å². The molecule has 3 rings (SSSR count). The first-order chi connectivity index (χ1) is 12.7. The van der Waals surface area contributed by atoms with Gasteiger partial charge in [-0.05, 0) is 54.7 Å². The average Bonchev–Trinajstić information content (AvgIpc) is 3.13. The summed E-state index contributed by atoms with van der Waals surface area (Å²) in [4.78, 5) is 11.1. The number of ether oxygens (including phenoxy) is 2. The Bertz CT molecular complexity index is 850. The number of fused-ring (bicyclic) bond motifs is 1. The number of hydrogen-bond acceptors (Lipinski definition) is 4. The van der Waals surface area contributed by atoms with Crippen molar-refractivity contribution in [3.63, 3.8) is 0 Å². The van der Waals surface area contributed by atoms with Gasteiger partial charge in [-0.2, -0.15) is 0 Å². The highest BCUT2D eigenvalue weighted by atomic mass is 16.6.